The minimum absolute atomic E-state index is 0.0126. The van der Waals surface area contributed by atoms with E-state index in [2.05, 4.69) is 20.7 Å². The molecule has 0 aromatic heterocycles. The predicted octanol–water partition coefficient (Wildman–Crippen LogP) is 5.40. The Kier molecular flexibility index (Phi) is 10.1. The van der Waals surface area contributed by atoms with Crippen molar-refractivity contribution in [1.29, 1.82) is 0 Å². The average molecular weight is 592 g/mol. The lowest BCUT2D eigenvalue weighted by molar-refractivity contribution is 0.326. The van der Waals surface area contributed by atoms with Gasteiger partial charge in [0.1, 0.15) is 11.6 Å². The highest BCUT2D eigenvalue weighted by molar-refractivity contribution is 9.10. The Bertz CT molecular complexity index is 1110. The molecule has 0 saturated carbocycles. The van der Waals surface area contributed by atoms with Crippen LogP contribution in [0, 0.1) is 11.7 Å². The Morgan fingerprint density at radius 1 is 1.06 bits per heavy atom. The number of ether oxygens (including phenoxy) is 1. The zero-order valence-electron chi connectivity index (χ0n) is 21.4. The summed E-state index contributed by atoms with van der Waals surface area (Å²) in [7, 11) is -3.79. The third kappa shape index (κ3) is 8.63. The molecule has 0 aliphatic rings. The lowest BCUT2D eigenvalue weighted by atomic mass is 9.92. The molecule has 0 bridgehead atoms. The summed E-state index contributed by atoms with van der Waals surface area (Å²) in [5, 5.41) is 0. The molecule has 0 fully saturated rings. The number of halogens is 2. The smallest absolute Gasteiger partial charge is 0.216 e. The summed E-state index contributed by atoms with van der Waals surface area (Å²) in [6.07, 6.45) is 0. The first kappa shape index (κ1) is 29.9. The van der Waals surface area contributed by atoms with E-state index in [1.165, 1.54) is 16.4 Å². The van der Waals surface area contributed by atoms with Crippen molar-refractivity contribution in [3.63, 3.8) is 0 Å². The molecular formula is C25H36BrFN2O4S2. The van der Waals surface area contributed by atoms with Gasteiger partial charge >= 0.3 is 0 Å². The van der Waals surface area contributed by atoms with Crippen molar-refractivity contribution < 1.29 is 21.8 Å². The number of nitrogens with zero attached hydrogens (tertiary/aromatic N) is 1. The number of rotatable bonds is 11. The molecule has 0 unspecified atom stereocenters. The fourth-order valence-electron chi connectivity index (χ4n) is 3.24. The van der Waals surface area contributed by atoms with Crippen LogP contribution in [0.1, 0.15) is 52.7 Å². The fraction of sp³-hybridized carbons (Fsp3) is 0.520. The van der Waals surface area contributed by atoms with Crippen molar-refractivity contribution >= 4 is 36.9 Å². The summed E-state index contributed by atoms with van der Waals surface area (Å²) in [6.45, 7) is 11.2. The number of methoxy groups -OCH3 is 1. The first-order valence-electron chi connectivity index (χ1n) is 11.3. The van der Waals surface area contributed by atoms with E-state index in [1.807, 2.05) is 34.6 Å². The molecule has 2 aromatic carbocycles. The molecule has 6 nitrogen and oxygen atoms in total. The minimum Gasteiger partial charge on any atom is -0.497 e. The van der Waals surface area contributed by atoms with E-state index in [-0.39, 0.29) is 24.8 Å². The van der Waals surface area contributed by atoms with Crippen LogP contribution in [-0.2, 0) is 34.1 Å². The topological polar surface area (TPSA) is 75.7 Å². The molecule has 0 amide bonds. The molecule has 0 aliphatic carbocycles. The second-order valence-electron chi connectivity index (χ2n) is 10.2. The van der Waals surface area contributed by atoms with Gasteiger partial charge in [-0.2, -0.15) is 4.31 Å². The van der Waals surface area contributed by atoms with Gasteiger partial charge in [0.05, 0.1) is 28.6 Å². The summed E-state index contributed by atoms with van der Waals surface area (Å²) in [5.41, 5.74) is 0.325. The maximum Gasteiger partial charge on any atom is 0.216 e. The summed E-state index contributed by atoms with van der Waals surface area (Å²) in [6, 6.07) is 11.5. The Morgan fingerprint density at radius 3 is 2.11 bits per heavy atom. The van der Waals surface area contributed by atoms with E-state index in [4.69, 9.17) is 4.74 Å². The Balaban J connectivity index is 2.44. The van der Waals surface area contributed by atoms with Crippen LogP contribution in [0.5, 0.6) is 5.75 Å². The van der Waals surface area contributed by atoms with Gasteiger partial charge in [0.2, 0.25) is 10.0 Å². The van der Waals surface area contributed by atoms with Crippen LogP contribution in [0.4, 0.5) is 4.39 Å². The van der Waals surface area contributed by atoms with Crippen molar-refractivity contribution in [3.8, 4) is 5.75 Å². The zero-order chi connectivity index (χ0) is 26.6. The molecule has 1 N–H and O–H groups in total. The quantitative estimate of drug-likeness (QED) is 0.380. The second-order valence-corrected chi connectivity index (χ2v) is 15.1. The molecule has 2 aromatic rings. The van der Waals surface area contributed by atoms with Crippen molar-refractivity contribution in [3.05, 3.63) is 63.9 Å². The lowest BCUT2D eigenvalue weighted by Crippen LogP contribution is -2.57. The van der Waals surface area contributed by atoms with Gasteiger partial charge < -0.3 is 4.74 Å². The number of benzene rings is 2. The van der Waals surface area contributed by atoms with Crippen molar-refractivity contribution in [1.82, 2.24) is 9.03 Å². The van der Waals surface area contributed by atoms with Crippen molar-refractivity contribution in [2.24, 2.45) is 5.92 Å². The Hall–Kier alpha value is -1.33. The largest absolute Gasteiger partial charge is 0.497 e. The molecule has 10 heteroatoms. The molecule has 0 saturated heterocycles. The van der Waals surface area contributed by atoms with Gasteiger partial charge in [-0.05, 0) is 75.1 Å². The van der Waals surface area contributed by atoms with Gasteiger partial charge in [0.15, 0.2) is 0 Å². The lowest BCUT2D eigenvalue weighted by Gasteiger charge is -2.38. The van der Waals surface area contributed by atoms with Crippen LogP contribution in [-0.4, -0.2) is 40.1 Å². The molecule has 2 rings (SSSR count). The van der Waals surface area contributed by atoms with Gasteiger partial charge in [-0.1, -0.05) is 41.9 Å². The van der Waals surface area contributed by atoms with Crippen LogP contribution >= 0.6 is 15.9 Å². The monoisotopic (exact) mass is 590 g/mol. The van der Waals surface area contributed by atoms with Gasteiger partial charge in [-0.3, -0.25) is 0 Å². The van der Waals surface area contributed by atoms with Crippen LogP contribution in [0.3, 0.4) is 0 Å². The maximum absolute atomic E-state index is 14.1. The fourth-order valence-corrected chi connectivity index (χ4v) is 6.92. The van der Waals surface area contributed by atoms with Crippen molar-refractivity contribution in [2.75, 3.05) is 12.9 Å². The summed E-state index contributed by atoms with van der Waals surface area (Å²) >= 11 is 3.28. The van der Waals surface area contributed by atoms with Gasteiger partial charge in [-0.15, -0.1) is 0 Å². The minimum atomic E-state index is -3.89. The zero-order valence-corrected chi connectivity index (χ0v) is 24.6. The summed E-state index contributed by atoms with van der Waals surface area (Å²) in [5.74, 6) is -0.190. The van der Waals surface area contributed by atoms with Crippen LogP contribution in [0.25, 0.3) is 0 Å². The normalized spacial score (nSPS) is 15.3. The Labute approximate surface area is 220 Å². The number of sulfonamides is 1. The number of nitrogens with one attached hydrogen (secondary N) is 1. The molecule has 0 radical (unpaired) electrons. The first-order valence-corrected chi connectivity index (χ1v) is 14.9. The second kappa shape index (κ2) is 11.8. The SMILES string of the molecule is COc1ccc(CN(Cc2cc(F)cc(Br)c2)S(=O)(=O)C[C@](C)(N[S@](=O)C(C)(C)C)C(C)C)cc1. The van der Waals surface area contributed by atoms with Crippen LogP contribution in [0.15, 0.2) is 46.9 Å². The third-order valence-corrected chi connectivity index (χ3v) is 10.1. The van der Waals surface area contributed by atoms with E-state index in [9.17, 15) is 17.0 Å². The molecule has 0 spiro atoms. The standard InChI is InChI=1S/C25H36BrFN2O4S2/c1-18(2)25(6,28-34(30)24(3,4)5)17-35(31,32)29(15-19-8-10-23(33-7)11-9-19)16-20-12-21(26)14-22(27)13-20/h8-14,18,28H,15-17H2,1-7H3/t25-,34+/m0/s1. The van der Waals surface area contributed by atoms with Crippen molar-refractivity contribution in [2.45, 2.75) is 64.9 Å². The van der Waals surface area contributed by atoms with E-state index in [0.29, 0.717) is 15.8 Å². The highest BCUT2D eigenvalue weighted by Gasteiger charge is 2.39. The van der Waals surface area contributed by atoms with Gasteiger partial charge in [-0.25, -0.2) is 21.7 Å². The molecular weight excluding hydrogens is 555 g/mol. The molecule has 0 aliphatic heterocycles. The molecule has 2 atom stereocenters. The number of hydrogen-bond donors (Lipinski definition) is 1. The highest BCUT2D eigenvalue weighted by Crippen LogP contribution is 2.27. The van der Waals surface area contributed by atoms with E-state index in [1.54, 1.807) is 44.4 Å². The summed E-state index contributed by atoms with van der Waals surface area (Å²) in [4.78, 5) is 0. The highest BCUT2D eigenvalue weighted by atomic mass is 79.9. The average Bonchev–Trinajstić information content (AvgIpc) is 2.71. The maximum atomic E-state index is 14.1. The van der Waals surface area contributed by atoms with E-state index < -0.39 is 37.1 Å². The van der Waals surface area contributed by atoms with Crippen LogP contribution < -0.4 is 9.46 Å². The predicted molar refractivity (Wildman–Crippen MR) is 144 cm³/mol. The number of hydrogen-bond acceptors (Lipinski definition) is 4. The molecule has 196 valence electrons. The van der Waals surface area contributed by atoms with Gasteiger partial charge in [0.25, 0.3) is 0 Å². The molecule has 35 heavy (non-hydrogen) atoms. The summed E-state index contributed by atoms with van der Waals surface area (Å²) < 4.78 is 64.2. The Morgan fingerprint density at radius 2 is 1.63 bits per heavy atom. The van der Waals surface area contributed by atoms with Crippen LogP contribution in [0.2, 0.25) is 0 Å². The van der Waals surface area contributed by atoms with E-state index >= 15 is 0 Å². The first-order chi connectivity index (χ1) is 16.1. The third-order valence-electron chi connectivity index (χ3n) is 5.83. The van der Waals surface area contributed by atoms with E-state index in [0.717, 1.165) is 5.56 Å². The molecule has 0 heterocycles. The van der Waals surface area contributed by atoms with Gasteiger partial charge in [0, 0.05) is 23.1 Å².